The van der Waals surface area contributed by atoms with Gasteiger partial charge in [0.25, 0.3) is 0 Å². The fourth-order valence-electron chi connectivity index (χ4n) is 9.51. The summed E-state index contributed by atoms with van der Waals surface area (Å²) in [5.74, 6) is 1.88. The zero-order chi connectivity index (χ0) is 43.6. The normalized spacial score (nSPS) is 11.6. The van der Waals surface area contributed by atoms with Gasteiger partial charge >= 0.3 is 0 Å². The Kier molecular flexibility index (Phi) is 9.00. The van der Waals surface area contributed by atoms with Gasteiger partial charge in [0.15, 0.2) is 17.5 Å². The number of hydrogen-bond acceptors (Lipinski definition) is 5. The molecule has 13 rings (SSSR count). The minimum Gasteiger partial charge on any atom is -0.456 e. The van der Waals surface area contributed by atoms with E-state index >= 15 is 0 Å². The second-order valence-corrected chi connectivity index (χ2v) is 17.8. The van der Waals surface area contributed by atoms with Crippen LogP contribution in [0.5, 0.6) is 0 Å². The molecular weight excluding hydrogens is 823 g/mol. The second-order valence-electron chi connectivity index (χ2n) is 16.7. The molecule has 3 heterocycles. The largest absolute Gasteiger partial charge is 0.456 e. The fourth-order valence-corrected chi connectivity index (χ4v) is 10.6. The molecule has 0 fully saturated rings. The lowest BCUT2D eigenvalue weighted by Gasteiger charge is -2.14. The zero-order valence-electron chi connectivity index (χ0n) is 35.5. The molecule has 5 heteroatoms. The van der Waals surface area contributed by atoms with E-state index in [1.807, 2.05) is 6.07 Å². The molecule has 0 saturated carbocycles. The molecule has 4 nitrogen and oxygen atoms in total. The highest BCUT2D eigenvalue weighted by Crippen LogP contribution is 2.45. The zero-order valence-corrected chi connectivity index (χ0v) is 36.3. The van der Waals surface area contributed by atoms with Gasteiger partial charge in [-0.1, -0.05) is 194 Å². The van der Waals surface area contributed by atoms with Crippen LogP contribution >= 0.6 is 11.3 Å². The van der Waals surface area contributed by atoms with Gasteiger partial charge in [0.2, 0.25) is 0 Å². The summed E-state index contributed by atoms with van der Waals surface area (Å²) in [5.41, 5.74) is 13.7. The Hall–Kier alpha value is -8.51. The van der Waals surface area contributed by atoms with Crippen molar-refractivity contribution in [2.75, 3.05) is 0 Å². The van der Waals surface area contributed by atoms with E-state index in [9.17, 15) is 0 Å². The molecule has 0 aliphatic carbocycles. The molecular formula is C61H37N3OS. The number of nitrogens with zero attached hydrogens (tertiary/aromatic N) is 3. The van der Waals surface area contributed by atoms with Gasteiger partial charge in [0.05, 0.1) is 0 Å². The van der Waals surface area contributed by atoms with Crippen molar-refractivity contribution in [2.45, 2.75) is 0 Å². The van der Waals surface area contributed by atoms with E-state index in [1.165, 1.54) is 31.3 Å². The summed E-state index contributed by atoms with van der Waals surface area (Å²) in [7, 11) is 0. The SMILES string of the molecule is c1ccc(-c2ccc(-c3nc(-c4ccc(-c5c(-c6ccc(-c7ccccc7)cc6)ccc6oc7cc8ccccc8cc7c56)cc4)nc(-c4cccc5sc6ccccc6c45)n3)cc2)cc1. The predicted molar refractivity (Wildman–Crippen MR) is 276 cm³/mol. The lowest BCUT2D eigenvalue weighted by molar-refractivity contribution is 0.669. The van der Waals surface area contributed by atoms with E-state index < -0.39 is 0 Å². The van der Waals surface area contributed by atoms with Crippen LogP contribution in [0.25, 0.3) is 132 Å². The summed E-state index contributed by atoms with van der Waals surface area (Å²) < 4.78 is 9.09. The van der Waals surface area contributed by atoms with Crippen molar-refractivity contribution in [3.05, 3.63) is 224 Å². The van der Waals surface area contributed by atoms with Crippen LogP contribution < -0.4 is 0 Å². The van der Waals surface area contributed by atoms with E-state index in [0.717, 1.165) is 82.8 Å². The third-order valence-electron chi connectivity index (χ3n) is 12.8. The van der Waals surface area contributed by atoms with Gasteiger partial charge in [-0.2, -0.15) is 0 Å². The molecule has 0 aliphatic rings. The number of benzene rings is 10. The topological polar surface area (TPSA) is 51.8 Å². The van der Waals surface area contributed by atoms with Crippen LogP contribution in [-0.4, -0.2) is 15.0 Å². The van der Waals surface area contributed by atoms with Crippen LogP contribution in [0, 0.1) is 0 Å². The minimum absolute atomic E-state index is 0.611. The van der Waals surface area contributed by atoms with Crippen LogP contribution in [0.3, 0.4) is 0 Å². The van der Waals surface area contributed by atoms with Crippen LogP contribution in [0.15, 0.2) is 229 Å². The van der Waals surface area contributed by atoms with Gasteiger partial charge in [0, 0.05) is 53.2 Å². The van der Waals surface area contributed by atoms with E-state index in [2.05, 4.69) is 218 Å². The van der Waals surface area contributed by atoms with Crippen molar-refractivity contribution in [3.63, 3.8) is 0 Å². The Morgan fingerprint density at radius 2 is 0.818 bits per heavy atom. The van der Waals surface area contributed by atoms with Gasteiger partial charge in [-0.3, -0.25) is 0 Å². The quantitative estimate of drug-likeness (QED) is 0.160. The monoisotopic (exact) mass is 859 g/mol. The highest BCUT2D eigenvalue weighted by Gasteiger charge is 2.21. The Bertz CT molecular complexity index is 3950. The summed E-state index contributed by atoms with van der Waals surface area (Å²) in [6.07, 6.45) is 0. The van der Waals surface area contributed by atoms with Crippen molar-refractivity contribution >= 4 is 64.2 Å². The van der Waals surface area contributed by atoms with Crippen LogP contribution in [-0.2, 0) is 0 Å². The Labute approximate surface area is 384 Å². The third kappa shape index (κ3) is 6.56. The predicted octanol–water partition coefficient (Wildman–Crippen LogP) is 17.0. The standard InChI is InChI=1S/C61H37N3OS/c1-3-12-38(13-4-1)40-22-26-42(27-23-40)48-34-35-52-58(51-36-46-16-7-8-17-47(46)37-53(51)65-52)56(48)43-28-32-45(33-29-43)60-62-59(44-30-24-41(25-31-44)39-14-5-2-6-15-39)63-61(64-60)50-19-11-21-55-57(50)49-18-9-10-20-54(49)66-55/h1-37H. The number of furan rings is 1. The van der Waals surface area contributed by atoms with E-state index in [1.54, 1.807) is 11.3 Å². The molecule has 66 heavy (non-hydrogen) atoms. The molecule has 0 amide bonds. The molecule has 0 saturated heterocycles. The summed E-state index contributed by atoms with van der Waals surface area (Å²) in [6, 6.07) is 79.3. The smallest absolute Gasteiger partial charge is 0.164 e. The van der Waals surface area contributed by atoms with Gasteiger partial charge in [-0.25, -0.2) is 15.0 Å². The fraction of sp³-hybridized carbons (Fsp3) is 0. The van der Waals surface area contributed by atoms with E-state index in [4.69, 9.17) is 19.4 Å². The first-order valence-corrected chi connectivity index (χ1v) is 23.0. The lowest BCUT2D eigenvalue weighted by Crippen LogP contribution is -2.00. The van der Waals surface area contributed by atoms with Gasteiger partial charge in [0.1, 0.15) is 11.2 Å². The number of hydrogen-bond donors (Lipinski definition) is 0. The van der Waals surface area contributed by atoms with Crippen LogP contribution in [0.2, 0.25) is 0 Å². The Morgan fingerprint density at radius 3 is 1.48 bits per heavy atom. The summed E-state index contributed by atoms with van der Waals surface area (Å²) >= 11 is 1.79. The van der Waals surface area contributed by atoms with Crippen molar-refractivity contribution in [2.24, 2.45) is 0 Å². The number of rotatable bonds is 7. The highest BCUT2D eigenvalue weighted by atomic mass is 32.1. The first-order valence-electron chi connectivity index (χ1n) is 22.2. The highest BCUT2D eigenvalue weighted by molar-refractivity contribution is 7.25. The molecule has 0 bridgehead atoms. The maximum absolute atomic E-state index is 6.65. The van der Waals surface area contributed by atoms with Crippen LogP contribution in [0.4, 0.5) is 0 Å². The molecule has 0 atom stereocenters. The summed E-state index contributed by atoms with van der Waals surface area (Å²) in [4.78, 5) is 15.7. The lowest BCUT2D eigenvalue weighted by atomic mass is 9.89. The summed E-state index contributed by atoms with van der Waals surface area (Å²) in [6.45, 7) is 0. The second kappa shape index (κ2) is 15.6. The summed E-state index contributed by atoms with van der Waals surface area (Å²) in [5, 5.41) is 6.87. The Balaban J connectivity index is 0.979. The average Bonchev–Trinajstić information content (AvgIpc) is 3.96. The van der Waals surface area contributed by atoms with Gasteiger partial charge in [-0.05, 0) is 80.0 Å². The van der Waals surface area contributed by atoms with Crippen molar-refractivity contribution in [1.29, 1.82) is 0 Å². The van der Waals surface area contributed by atoms with E-state index in [0.29, 0.717) is 17.5 Å². The molecule has 0 unspecified atom stereocenters. The number of thiophene rings is 1. The molecule has 3 aromatic heterocycles. The molecule has 0 spiro atoms. The van der Waals surface area contributed by atoms with Crippen molar-refractivity contribution in [1.82, 2.24) is 15.0 Å². The van der Waals surface area contributed by atoms with E-state index in [-0.39, 0.29) is 0 Å². The molecule has 308 valence electrons. The molecule has 0 N–H and O–H groups in total. The third-order valence-corrected chi connectivity index (χ3v) is 13.9. The maximum Gasteiger partial charge on any atom is 0.164 e. The minimum atomic E-state index is 0.611. The van der Waals surface area contributed by atoms with Gasteiger partial charge in [-0.15, -0.1) is 11.3 Å². The van der Waals surface area contributed by atoms with Crippen molar-refractivity contribution in [3.8, 4) is 78.7 Å². The average molecular weight is 860 g/mol. The number of fused-ring (bicyclic) bond motifs is 7. The Morgan fingerprint density at radius 1 is 0.303 bits per heavy atom. The van der Waals surface area contributed by atoms with Gasteiger partial charge < -0.3 is 4.42 Å². The maximum atomic E-state index is 6.65. The van der Waals surface area contributed by atoms with Crippen LogP contribution in [0.1, 0.15) is 0 Å². The molecule has 0 radical (unpaired) electrons. The first kappa shape index (κ1) is 38.0. The molecule has 0 aliphatic heterocycles. The van der Waals surface area contributed by atoms with Crippen molar-refractivity contribution < 1.29 is 4.42 Å². The molecule has 13 aromatic rings. The molecule has 10 aromatic carbocycles. The first-order chi connectivity index (χ1) is 32.7. The number of aromatic nitrogens is 3.